The van der Waals surface area contributed by atoms with Crippen molar-refractivity contribution < 1.29 is 52.1 Å². The van der Waals surface area contributed by atoms with Crippen LogP contribution in [0.1, 0.15) is 6.42 Å². The zero-order valence-corrected chi connectivity index (χ0v) is 10.1. The van der Waals surface area contributed by atoms with Gasteiger partial charge in [0.2, 0.25) is 0 Å². The number of hydrogen-bond donors (Lipinski definition) is 2. The van der Waals surface area contributed by atoms with E-state index in [2.05, 4.69) is 4.74 Å². The van der Waals surface area contributed by atoms with Crippen molar-refractivity contribution in [3.63, 3.8) is 0 Å². The van der Waals surface area contributed by atoms with Gasteiger partial charge in [0.25, 0.3) is 0 Å². The van der Waals surface area contributed by atoms with E-state index in [1.54, 1.807) is 0 Å². The third kappa shape index (κ3) is 3.00. The molecule has 71 valence electrons. The van der Waals surface area contributed by atoms with Crippen LogP contribution in [0.2, 0.25) is 0 Å². The van der Waals surface area contributed by atoms with Crippen molar-refractivity contribution in [1.29, 1.82) is 0 Å². The molecule has 5 nitrogen and oxygen atoms in total. The smallest absolute Gasteiger partial charge is 0.322 e. The van der Waals surface area contributed by atoms with Crippen LogP contribution in [0.25, 0.3) is 0 Å². The molecule has 13 heavy (non-hydrogen) atoms. The molecule has 0 aromatic heterocycles. The summed E-state index contributed by atoms with van der Waals surface area (Å²) in [6.07, 6.45) is 0.478. The molecule has 1 aliphatic carbocycles. The summed E-state index contributed by atoms with van der Waals surface area (Å²) in [4.78, 5) is 21.2. The predicted molar refractivity (Wildman–Crippen MR) is 39.2 cm³/mol. The Hall–Kier alpha value is 0.00390. The Labute approximate surface area is 101 Å². The number of carboxylic acids is 1. The first-order valence-electron chi connectivity index (χ1n) is 3.64. The van der Waals surface area contributed by atoms with Gasteiger partial charge < -0.3 is 15.6 Å². The summed E-state index contributed by atoms with van der Waals surface area (Å²) in [6.45, 7) is 0. The van der Waals surface area contributed by atoms with Gasteiger partial charge in [0.15, 0.2) is 0 Å². The van der Waals surface area contributed by atoms with E-state index in [0.29, 0.717) is 6.42 Å². The van der Waals surface area contributed by atoms with Crippen LogP contribution in [0.4, 0.5) is 0 Å². The fraction of sp³-hybridized carbons (Fsp3) is 0.714. The minimum atomic E-state index is -0.889. The van der Waals surface area contributed by atoms with E-state index in [-0.39, 0.29) is 38.6 Å². The molecule has 0 saturated heterocycles. The van der Waals surface area contributed by atoms with Crippen LogP contribution < -0.4 is 5.73 Å². The first-order chi connectivity index (χ1) is 5.57. The van der Waals surface area contributed by atoms with Crippen molar-refractivity contribution >= 4 is 11.9 Å². The van der Waals surface area contributed by atoms with E-state index in [1.165, 1.54) is 7.11 Å². The first-order valence-corrected chi connectivity index (χ1v) is 3.64. The van der Waals surface area contributed by atoms with Crippen LogP contribution in [0.15, 0.2) is 0 Å². The van der Waals surface area contributed by atoms with Crippen LogP contribution in [0.3, 0.4) is 0 Å². The fourth-order valence-electron chi connectivity index (χ4n) is 1.21. The maximum absolute atomic E-state index is 10.8. The SMILES string of the molecule is COC(=O)C(N)C1CC1C(=O)O.[Y]. The van der Waals surface area contributed by atoms with E-state index in [9.17, 15) is 9.59 Å². The molecule has 3 unspecified atom stereocenters. The Morgan fingerprint density at radius 2 is 2.15 bits per heavy atom. The maximum Gasteiger partial charge on any atom is 0.322 e. The van der Waals surface area contributed by atoms with Gasteiger partial charge >= 0.3 is 11.9 Å². The Morgan fingerprint density at radius 3 is 2.46 bits per heavy atom. The Morgan fingerprint density at radius 1 is 1.62 bits per heavy atom. The van der Waals surface area contributed by atoms with E-state index >= 15 is 0 Å². The largest absolute Gasteiger partial charge is 0.481 e. The predicted octanol–water partition coefficient (Wildman–Crippen LogP) is -0.795. The van der Waals surface area contributed by atoms with Gasteiger partial charge in [-0.25, -0.2) is 0 Å². The molecule has 1 fully saturated rings. The Kier molecular flexibility index (Phi) is 5.03. The number of esters is 1. The van der Waals surface area contributed by atoms with E-state index in [4.69, 9.17) is 10.8 Å². The van der Waals surface area contributed by atoms with E-state index in [0.717, 1.165) is 0 Å². The van der Waals surface area contributed by atoms with Crippen molar-refractivity contribution in [3.05, 3.63) is 0 Å². The fourth-order valence-corrected chi connectivity index (χ4v) is 1.21. The molecule has 1 radical (unpaired) electrons. The Balaban J connectivity index is 0.00000144. The van der Waals surface area contributed by atoms with Gasteiger partial charge in [-0.2, -0.15) is 0 Å². The van der Waals surface area contributed by atoms with E-state index < -0.39 is 23.9 Å². The summed E-state index contributed by atoms with van der Waals surface area (Å²) in [6, 6.07) is -0.781. The average molecular weight is 262 g/mol. The Bertz CT molecular complexity index is 221. The summed E-state index contributed by atoms with van der Waals surface area (Å²) in [7, 11) is 1.24. The molecule has 3 N–H and O–H groups in total. The van der Waals surface area contributed by atoms with Crippen molar-refractivity contribution in [3.8, 4) is 0 Å². The van der Waals surface area contributed by atoms with Gasteiger partial charge in [0.1, 0.15) is 6.04 Å². The molecule has 1 saturated carbocycles. The van der Waals surface area contributed by atoms with Gasteiger partial charge in [-0.3, -0.25) is 9.59 Å². The summed E-state index contributed by atoms with van der Waals surface area (Å²) >= 11 is 0. The summed E-state index contributed by atoms with van der Waals surface area (Å²) in [5.74, 6) is -2.13. The second-order valence-corrected chi connectivity index (χ2v) is 2.89. The third-order valence-corrected chi connectivity index (χ3v) is 2.09. The second kappa shape index (κ2) is 5.03. The number of carbonyl (C=O) groups is 2. The van der Waals surface area contributed by atoms with Crippen molar-refractivity contribution in [2.45, 2.75) is 12.5 Å². The number of nitrogens with two attached hydrogens (primary N) is 1. The molecule has 0 heterocycles. The summed E-state index contributed by atoms with van der Waals surface area (Å²) in [5.41, 5.74) is 5.42. The summed E-state index contributed by atoms with van der Waals surface area (Å²) in [5, 5.41) is 8.52. The monoisotopic (exact) mass is 262 g/mol. The van der Waals surface area contributed by atoms with Crippen LogP contribution in [-0.4, -0.2) is 30.2 Å². The van der Waals surface area contributed by atoms with E-state index in [1.807, 2.05) is 0 Å². The summed E-state index contributed by atoms with van der Waals surface area (Å²) < 4.78 is 4.38. The van der Waals surface area contributed by atoms with Crippen molar-refractivity contribution in [2.24, 2.45) is 17.6 Å². The van der Waals surface area contributed by atoms with Gasteiger partial charge in [-0.1, -0.05) is 0 Å². The molecule has 1 rings (SSSR count). The number of methoxy groups -OCH3 is 1. The minimum Gasteiger partial charge on any atom is -0.481 e. The van der Waals surface area contributed by atoms with Crippen molar-refractivity contribution in [1.82, 2.24) is 0 Å². The minimum absolute atomic E-state index is 0. The standard InChI is InChI=1S/C7H11NO4.Y/c1-12-7(11)5(8)3-2-4(3)6(9)10;/h3-5H,2,8H2,1H3,(H,9,10);. The number of rotatable bonds is 3. The molecular formula is C7H11NO4Y. The molecule has 3 atom stereocenters. The number of aliphatic carboxylic acids is 1. The normalized spacial score (nSPS) is 26.9. The topological polar surface area (TPSA) is 89.6 Å². The van der Waals surface area contributed by atoms with Crippen LogP contribution in [-0.2, 0) is 47.0 Å². The molecule has 0 aliphatic heterocycles. The zero-order valence-electron chi connectivity index (χ0n) is 7.27. The van der Waals surface area contributed by atoms with Gasteiger partial charge in [0, 0.05) is 32.7 Å². The maximum atomic E-state index is 10.8. The third-order valence-electron chi connectivity index (χ3n) is 2.09. The van der Waals surface area contributed by atoms with Crippen LogP contribution >= 0.6 is 0 Å². The molecule has 0 bridgehead atoms. The second-order valence-electron chi connectivity index (χ2n) is 2.89. The van der Waals surface area contributed by atoms with Gasteiger partial charge in [-0.15, -0.1) is 0 Å². The van der Waals surface area contributed by atoms with Gasteiger partial charge in [-0.05, 0) is 12.3 Å². The number of ether oxygens (including phenoxy) is 1. The molecule has 0 amide bonds. The van der Waals surface area contributed by atoms with Crippen LogP contribution in [0.5, 0.6) is 0 Å². The number of carboxylic acid groups (broad SMARTS) is 1. The number of carbonyl (C=O) groups excluding carboxylic acids is 1. The first kappa shape index (κ1) is 13.0. The van der Waals surface area contributed by atoms with Crippen molar-refractivity contribution in [2.75, 3.05) is 7.11 Å². The molecule has 6 heteroatoms. The average Bonchev–Trinajstić information content (AvgIpc) is 2.80. The zero-order chi connectivity index (χ0) is 9.30. The van der Waals surface area contributed by atoms with Crippen LogP contribution in [0, 0.1) is 11.8 Å². The molecule has 0 aromatic rings. The quantitative estimate of drug-likeness (QED) is 0.650. The number of hydrogen-bond acceptors (Lipinski definition) is 4. The molecule has 0 aromatic carbocycles. The molecule has 0 spiro atoms. The van der Waals surface area contributed by atoms with Gasteiger partial charge in [0.05, 0.1) is 13.0 Å². The molecule has 1 aliphatic rings. The molecular weight excluding hydrogens is 251 g/mol.